The molecule has 1 aliphatic rings. The van der Waals surface area contributed by atoms with Gasteiger partial charge in [-0.05, 0) is 78.6 Å². The van der Waals surface area contributed by atoms with Crippen LogP contribution in [0.25, 0.3) is 0 Å². The van der Waals surface area contributed by atoms with Crippen LogP contribution in [0, 0.1) is 31.0 Å². The van der Waals surface area contributed by atoms with Crippen LogP contribution in [0.3, 0.4) is 0 Å². The number of aryl methyl sites for hydroxylation is 2. The topological polar surface area (TPSA) is 104 Å². The lowest BCUT2D eigenvalue weighted by atomic mass is 9.83. The van der Waals surface area contributed by atoms with Gasteiger partial charge < -0.3 is 24.7 Å². The molecule has 2 N–H and O–H groups in total. The molecule has 4 aromatic rings. The van der Waals surface area contributed by atoms with E-state index in [9.17, 15) is 14.4 Å². The highest BCUT2D eigenvalue weighted by molar-refractivity contribution is 5.74. The third kappa shape index (κ3) is 6.48. The Hall–Kier alpha value is -5.29. The van der Waals surface area contributed by atoms with E-state index in [4.69, 9.17) is 24.7 Å². The van der Waals surface area contributed by atoms with Crippen molar-refractivity contribution in [1.82, 2.24) is 0 Å². The minimum atomic E-state index is -0.575. The first-order valence-electron chi connectivity index (χ1n) is 12.9. The van der Waals surface area contributed by atoms with Gasteiger partial charge in [-0.1, -0.05) is 36.4 Å². The number of esters is 1. The van der Waals surface area contributed by atoms with E-state index < -0.39 is 11.9 Å². The van der Waals surface area contributed by atoms with Crippen LogP contribution in [0.4, 0.5) is 4.39 Å². The van der Waals surface area contributed by atoms with E-state index in [1.54, 1.807) is 42.5 Å². The predicted octanol–water partition coefficient (Wildman–Crippen LogP) is 6.22. The summed E-state index contributed by atoms with van der Waals surface area (Å²) in [5, 5.41) is 9.86. The summed E-state index contributed by atoms with van der Waals surface area (Å²) in [4.78, 5) is 12.5. The van der Waals surface area contributed by atoms with Gasteiger partial charge in [-0.2, -0.15) is 5.26 Å². The molecule has 5 rings (SSSR count). The zero-order chi connectivity index (χ0) is 28.9. The summed E-state index contributed by atoms with van der Waals surface area (Å²) in [6.07, 6.45) is 0. The first-order valence-corrected chi connectivity index (χ1v) is 12.9. The maximum absolute atomic E-state index is 13.1. The van der Waals surface area contributed by atoms with Crippen molar-refractivity contribution in [2.24, 2.45) is 5.73 Å². The first-order chi connectivity index (χ1) is 19.8. The van der Waals surface area contributed by atoms with E-state index in [-0.39, 0.29) is 36.2 Å². The van der Waals surface area contributed by atoms with Gasteiger partial charge in [-0.25, -0.2) is 9.18 Å². The van der Waals surface area contributed by atoms with Gasteiger partial charge in [0.25, 0.3) is 0 Å². The van der Waals surface area contributed by atoms with Crippen LogP contribution in [0.2, 0.25) is 0 Å². The molecular weight excluding hydrogens is 523 g/mol. The van der Waals surface area contributed by atoms with Crippen LogP contribution in [0.1, 0.15) is 33.7 Å². The van der Waals surface area contributed by atoms with E-state index in [0.29, 0.717) is 22.8 Å². The van der Waals surface area contributed by atoms with E-state index >= 15 is 0 Å². The number of halogens is 1. The number of ether oxygens (including phenoxy) is 4. The summed E-state index contributed by atoms with van der Waals surface area (Å²) in [6, 6.07) is 26.2. The predicted molar refractivity (Wildman–Crippen MR) is 150 cm³/mol. The number of nitrogens with two attached hydrogens (primary N) is 1. The number of hydrogen-bond donors (Lipinski definition) is 1. The Labute approximate surface area is 237 Å². The molecule has 0 amide bonds. The van der Waals surface area contributed by atoms with Crippen molar-refractivity contribution in [1.29, 1.82) is 5.26 Å². The van der Waals surface area contributed by atoms with Gasteiger partial charge in [-0.3, -0.25) is 0 Å². The largest absolute Gasteiger partial charge is 0.489 e. The number of nitrogens with zero attached hydrogens (tertiary/aromatic N) is 1. The number of rotatable bonds is 8. The van der Waals surface area contributed by atoms with Crippen LogP contribution in [-0.4, -0.2) is 12.6 Å². The summed E-state index contributed by atoms with van der Waals surface area (Å²) in [7, 11) is 0. The monoisotopic (exact) mass is 550 g/mol. The van der Waals surface area contributed by atoms with Gasteiger partial charge in [0.15, 0.2) is 6.61 Å². The second-order valence-electron chi connectivity index (χ2n) is 9.69. The third-order valence-corrected chi connectivity index (χ3v) is 6.51. The van der Waals surface area contributed by atoms with Gasteiger partial charge in [0.1, 0.15) is 47.1 Å². The van der Waals surface area contributed by atoms with Gasteiger partial charge >= 0.3 is 5.97 Å². The average Bonchev–Trinajstić information content (AvgIpc) is 2.95. The minimum absolute atomic E-state index is 0.0248. The Morgan fingerprint density at radius 2 is 1.59 bits per heavy atom. The molecule has 0 aliphatic carbocycles. The Morgan fingerprint density at radius 3 is 2.27 bits per heavy atom. The lowest BCUT2D eigenvalue weighted by molar-refractivity contribution is -0.136. The van der Waals surface area contributed by atoms with Crippen molar-refractivity contribution >= 4 is 5.97 Å². The lowest BCUT2D eigenvalue weighted by Gasteiger charge is -2.26. The Morgan fingerprint density at radius 1 is 0.902 bits per heavy atom. The van der Waals surface area contributed by atoms with Crippen molar-refractivity contribution in [3.05, 3.63) is 130 Å². The molecule has 0 saturated heterocycles. The average molecular weight is 551 g/mol. The summed E-state index contributed by atoms with van der Waals surface area (Å²) in [5.74, 6) is 0.446. The number of fused-ring (bicyclic) bond motifs is 1. The van der Waals surface area contributed by atoms with Crippen LogP contribution in [0.5, 0.6) is 23.0 Å². The molecule has 0 bridgehead atoms. The quantitative estimate of drug-likeness (QED) is 0.205. The van der Waals surface area contributed by atoms with Gasteiger partial charge in [0.05, 0.1) is 5.92 Å². The molecule has 206 valence electrons. The summed E-state index contributed by atoms with van der Waals surface area (Å²) in [5.41, 5.74) is 10.8. The van der Waals surface area contributed by atoms with Crippen molar-refractivity contribution in [3.8, 4) is 29.1 Å². The Bertz CT molecular complexity index is 1640. The fourth-order valence-electron chi connectivity index (χ4n) is 4.67. The number of carbonyl (C=O) groups excluding carboxylic acids is 1. The molecule has 0 saturated carbocycles. The molecule has 7 nitrogen and oxygen atoms in total. The molecule has 1 atom stereocenters. The number of allylic oxidation sites excluding steroid dienone is 1. The fourth-order valence-corrected chi connectivity index (χ4v) is 4.67. The molecule has 1 aliphatic heterocycles. The smallest absolute Gasteiger partial charge is 0.349 e. The first kappa shape index (κ1) is 27.3. The van der Waals surface area contributed by atoms with Gasteiger partial charge in [0, 0.05) is 11.6 Å². The molecule has 0 fully saturated rings. The Balaban J connectivity index is 1.29. The fraction of sp³-hybridized carbons (Fsp3) is 0.152. The van der Waals surface area contributed by atoms with Crippen molar-refractivity contribution < 1.29 is 28.1 Å². The van der Waals surface area contributed by atoms with E-state index in [2.05, 4.69) is 6.07 Å². The maximum atomic E-state index is 13.1. The number of carbonyl (C=O) groups is 1. The van der Waals surface area contributed by atoms with E-state index in [1.165, 1.54) is 12.1 Å². The van der Waals surface area contributed by atoms with Crippen LogP contribution >= 0.6 is 0 Å². The molecule has 0 spiro atoms. The normalized spacial score (nSPS) is 14.0. The SMILES string of the molecule is Cc1cc(C)cc(OCC(=O)Oc2ccc3c(c2)OC(N)=C(C#N)C3c2ccc(OCc3ccc(F)cc3)cc2)c1. The molecule has 41 heavy (non-hydrogen) atoms. The van der Waals surface area contributed by atoms with Crippen molar-refractivity contribution in [2.45, 2.75) is 26.4 Å². The molecular formula is C33H27FN2O5. The van der Waals surface area contributed by atoms with Crippen LogP contribution in [-0.2, 0) is 11.4 Å². The summed E-state index contributed by atoms with van der Waals surface area (Å²) in [6.45, 7) is 3.93. The molecule has 1 heterocycles. The standard InChI is InChI=1S/C33H27FN2O5/c1-20-13-21(2)15-27(14-20)39-19-31(37)40-26-11-12-28-30(16-26)41-33(36)29(17-35)32(28)23-5-9-25(10-6-23)38-18-22-3-7-24(34)8-4-22/h3-16,32H,18-19,36H2,1-2H3. The van der Waals surface area contributed by atoms with E-state index in [1.807, 2.05) is 44.2 Å². The molecule has 1 unspecified atom stereocenters. The third-order valence-electron chi connectivity index (χ3n) is 6.51. The van der Waals surface area contributed by atoms with E-state index in [0.717, 1.165) is 22.3 Å². The molecule has 4 aromatic carbocycles. The van der Waals surface area contributed by atoms with Gasteiger partial charge in [-0.15, -0.1) is 0 Å². The molecule has 0 radical (unpaired) electrons. The second kappa shape index (κ2) is 11.8. The zero-order valence-electron chi connectivity index (χ0n) is 22.5. The molecule has 8 heteroatoms. The zero-order valence-corrected chi connectivity index (χ0v) is 22.5. The summed E-state index contributed by atoms with van der Waals surface area (Å²) < 4.78 is 35.8. The van der Waals surface area contributed by atoms with Crippen molar-refractivity contribution in [2.75, 3.05) is 6.61 Å². The highest BCUT2D eigenvalue weighted by atomic mass is 19.1. The van der Waals surface area contributed by atoms with Crippen molar-refractivity contribution in [3.63, 3.8) is 0 Å². The second-order valence-corrected chi connectivity index (χ2v) is 9.69. The number of benzene rings is 4. The van der Waals surface area contributed by atoms with Crippen LogP contribution < -0.4 is 24.7 Å². The minimum Gasteiger partial charge on any atom is -0.489 e. The molecule has 0 aromatic heterocycles. The number of hydrogen-bond acceptors (Lipinski definition) is 7. The highest BCUT2D eigenvalue weighted by Crippen LogP contribution is 2.43. The summed E-state index contributed by atoms with van der Waals surface area (Å²) >= 11 is 0. The van der Waals surface area contributed by atoms with Crippen LogP contribution in [0.15, 0.2) is 96.4 Å². The highest BCUT2D eigenvalue weighted by Gasteiger charge is 2.31. The number of nitriles is 1. The Kier molecular flexibility index (Phi) is 7.88. The van der Waals surface area contributed by atoms with Gasteiger partial charge in [0.2, 0.25) is 5.88 Å². The maximum Gasteiger partial charge on any atom is 0.349 e. The lowest BCUT2D eigenvalue weighted by Crippen LogP contribution is -2.21.